The van der Waals surface area contributed by atoms with Crippen molar-refractivity contribution in [2.75, 3.05) is 13.6 Å². The summed E-state index contributed by atoms with van der Waals surface area (Å²) in [6.45, 7) is 6.57. The Morgan fingerprint density at radius 1 is 1.42 bits per heavy atom. The first-order chi connectivity index (χ1) is 9.12. The van der Waals surface area contributed by atoms with Gasteiger partial charge < -0.3 is 5.32 Å². The van der Waals surface area contributed by atoms with Crippen LogP contribution in [-0.2, 0) is 13.0 Å². The molecule has 2 aliphatic rings. The lowest BCUT2D eigenvalue weighted by Crippen LogP contribution is -2.34. The molecule has 4 nitrogen and oxygen atoms in total. The van der Waals surface area contributed by atoms with Gasteiger partial charge in [0, 0.05) is 19.5 Å². The summed E-state index contributed by atoms with van der Waals surface area (Å²) < 4.78 is 2.12. The second kappa shape index (κ2) is 4.89. The lowest BCUT2D eigenvalue weighted by molar-refractivity contribution is 0.244. The van der Waals surface area contributed by atoms with Crippen LogP contribution in [0.3, 0.4) is 0 Å². The Labute approximate surface area is 116 Å². The lowest BCUT2D eigenvalue weighted by Gasteiger charge is -2.30. The molecule has 1 aromatic rings. The van der Waals surface area contributed by atoms with E-state index in [1.807, 2.05) is 0 Å². The maximum absolute atomic E-state index is 4.52. The maximum Gasteiger partial charge on any atom is 0.138 e. The highest BCUT2D eigenvalue weighted by Gasteiger charge is 2.53. The van der Waals surface area contributed by atoms with Crippen LogP contribution in [0, 0.1) is 23.2 Å². The van der Waals surface area contributed by atoms with E-state index in [1.54, 1.807) is 6.33 Å². The molecule has 0 spiro atoms. The van der Waals surface area contributed by atoms with Crippen LogP contribution in [0.25, 0.3) is 0 Å². The summed E-state index contributed by atoms with van der Waals surface area (Å²) in [6, 6.07) is 0. The van der Waals surface area contributed by atoms with Crippen LogP contribution in [0.5, 0.6) is 0 Å². The molecule has 0 amide bonds. The molecule has 2 unspecified atom stereocenters. The maximum atomic E-state index is 4.52. The fourth-order valence-electron chi connectivity index (χ4n) is 3.99. The number of hydrogen-bond acceptors (Lipinski definition) is 3. The molecule has 0 aliphatic heterocycles. The predicted octanol–water partition coefficient (Wildman–Crippen LogP) is 2.11. The van der Waals surface area contributed by atoms with Crippen molar-refractivity contribution in [3.63, 3.8) is 0 Å². The number of fused-ring (bicyclic) bond motifs is 1. The van der Waals surface area contributed by atoms with Crippen molar-refractivity contribution in [1.82, 2.24) is 20.1 Å². The second-order valence-electron chi connectivity index (χ2n) is 7.12. The average molecular weight is 262 g/mol. The molecule has 19 heavy (non-hydrogen) atoms. The van der Waals surface area contributed by atoms with Crippen molar-refractivity contribution in [2.45, 2.75) is 46.1 Å². The van der Waals surface area contributed by atoms with Gasteiger partial charge in [0.1, 0.15) is 12.2 Å². The summed E-state index contributed by atoms with van der Waals surface area (Å²) in [4.78, 5) is 4.52. The van der Waals surface area contributed by atoms with Crippen LogP contribution in [0.1, 0.15) is 38.9 Å². The third kappa shape index (κ3) is 2.69. The van der Waals surface area contributed by atoms with E-state index in [-0.39, 0.29) is 0 Å². The number of nitrogens with zero attached hydrogens (tertiary/aromatic N) is 3. The molecule has 0 saturated heterocycles. The summed E-state index contributed by atoms with van der Waals surface area (Å²) in [5, 5.41) is 7.81. The predicted molar refractivity (Wildman–Crippen MR) is 75.8 cm³/mol. The molecule has 0 aromatic carbocycles. The molecule has 106 valence electrons. The van der Waals surface area contributed by atoms with Gasteiger partial charge in [-0.05, 0) is 49.5 Å². The molecule has 0 radical (unpaired) electrons. The van der Waals surface area contributed by atoms with Crippen molar-refractivity contribution < 1.29 is 0 Å². The van der Waals surface area contributed by atoms with Gasteiger partial charge in [0.15, 0.2) is 0 Å². The standard InChI is InChI=1S/C15H26N4/c1-11(2)8-19-14(17-10-18-19)7-15(9-16-3)5-12-4-13(12)6-15/h10-13,16H,4-9H2,1-3H3. The van der Waals surface area contributed by atoms with Crippen molar-refractivity contribution in [2.24, 2.45) is 23.2 Å². The minimum absolute atomic E-state index is 0.435. The van der Waals surface area contributed by atoms with Crippen LogP contribution in [0.4, 0.5) is 0 Å². The average Bonchev–Trinajstić information content (AvgIpc) is 2.75. The van der Waals surface area contributed by atoms with Gasteiger partial charge in [-0.3, -0.25) is 0 Å². The van der Waals surface area contributed by atoms with Gasteiger partial charge in [-0.2, -0.15) is 5.10 Å². The van der Waals surface area contributed by atoms with Crippen LogP contribution >= 0.6 is 0 Å². The Bertz CT molecular complexity index is 427. The molecule has 2 fully saturated rings. The topological polar surface area (TPSA) is 42.7 Å². The minimum atomic E-state index is 0.435. The van der Waals surface area contributed by atoms with Gasteiger partial charge in [0.2, 0.25) is 0 Å². The van der Waals surface area contributed by atoms with Crippen LogP contribution in [0.2, 0.25) is 0 Å². The van der Waals surface area contributed by atoms with Gasteiger partial charge in [0.25, 0.3) is 0 Å². The third-order valence-corrected chi connectivity index (χ3v) is 4.78. The number of rotatable bonds is 6. The smallest absolute Gasteiger partial charge is 0.138 e. The van der Waals surface area contributed by atoms with Crippen molar-refractivity contribution in [3.05, 3.63) is 12.2 Å². The lowest BCUT2D eigenvalue weighted by atomic mass is 9.79. The van der Waals surface area contributed by atoms with Crippen LogP contribution < -0.4 is 5.32 Å². The van der Waals surface area contributed by atoms with Gasteiger partial charge in [-0.15, -0.1) is 0 Å². The van der Waals surface area contributed by atoms with E-state index in [2.05, 4.69) is 41.0 Å². The zero-order valence-corrected chi connectivity index (χ0v) is 12.4. The SMILES string of the molecule is CNCC1(Cc2ncnn2CC(C)C)CC2CC2C1. The molecule has 2 atom stereocenters. The van der Waals surface area contributed by atoms with Gasteiger partial charge in [-0.25, -0.2) is 9.67 Å². The highest BCUT2D eigenvalue weighted by molar-refractivity contribution is 5.07. The minimum Gasteiger partial charge on any atom is -0.319 e. The van der Waals surface area contributed by atoms with Gasteiger partial charge in [-0.1, -0.05) is 13.8 Å². The van der Waals surface area contributed by atoms with Crippen molar-refractivity contribution in [3.8, 4) is 0 Å². The number of aromatic nitrogens is 3. The van der Waals surface area contributed by atoms with E-state index in [0.717, 1.165) is 31.3 Å². The molecule has 1 aromatic heterocycles. The second-order valence-corrected chi connectivity index (χ2v) is 7.12. The molecule has 2 aliphatic carbocycles. The van der Waals surface area contributed by atoms with E-state index in [0.29, 0.717) is 11.3 Å². The van der Waals surface area contributed by atoms with E-state index in [9.17, 15) is 0 Å². The summed E-state index contributed by atoms with van der Waals surface area (Å²) in [5.41, 5.74) is 0.435. The fraction of sp³-hybridized carbons (Fsp3) is 0.867. The third-order valence-electron chi connectivity index (χ3n) is 4.78. The van der Waals surface area contributed by atoms with Crippen molar-refractivity contribution >= 4 is 0 Å². The van der Waals surface area contributed by atoms with E-state index in [4.69, 9.17) is 0 Å². The molecular formula is C15H26N4. The molecule has 4 heteroatoms. The summed E-state index contributed by atoms with van der Waals surface area (Å²) in [5.74, 6) is 3.83. The fourth-order valence-corrected chi connectivity index (χ4v) is 3.99. The summed E-state index contributed by atoms with van der Waals surface area (Å²) >= 11 is 0. The molecule has 0 bridgehead atoms. The molecule has 3 rings (SSSR count). The monoisotopic (exact) mass is 262 g/mol. The first kappa shape index (κ1) is 13.1. The van der Waals surface area contributed by atoms with Crippen LogP contribution in [0.15, 0.2) is 6.33 Å². The summed E-state index contributed by atoms with van der Waals surface area (Å²) in [7, 11) is 2.07. The Morgan fingerprint density at radius 3 is 2.79 bits per heavy atom. The largest absolute Gasteiger partial charge is 0.319 e. The first-order valence-electron chi connectivity index (χ1n) is 7.63. The first-order valence-corrected chi connectivity index (χ1v) is 7.63. The molecular weight excluding hydrogens is 236 g/mol. The molecule has 2 saturated carbocycles. The molecule has 1 N–H and O–H groups in total. The normalized spacial score (nSPS) is 32.8. The van der Waals surface area contributed by atoms with E-state index in [1.165, 1.54) is 25.1 Å². The Kier molecular flexibility index (Phi) is 3.37. The quantitative estimate of drug-likeness (QED) is 0.854. The van der Waals surface area contributed by atoms with E-state index >= 15 is 0 Å². The molecule has 1 heterocycles. The number of nitrogens with one attached hydrogen (secondary N) is 1. The van der Waals surface area contributed by atoms with Crippen LogP contribution in [-0.4, -0.2) is 28.4 Å². The van der Waals surface area contributed by atoms with E-state index < -0.39 is 0 Å². The Morgan fingerprint density at radius 2 is 2.16 bits per heavy atom. The highest BCUT2D eigenvalue weighted by atomic mass is 15.3. The van der Waals surface area contributed by atoms with Crippen molar-refractivity contribution in [1.29, 1.82) is 0 Å². The zero-order chi connectivity index (χ0) is 13.5. The Balaban J connectivity index is 1.73. The zero-order valence-electron chi connectivity index (χ0n) is 12.4. The highest BCUT2D eigenvalue weighted by Crippen LogP contribution is 2.60. The number of hydrogen-bond donors (Lipinski definition) is 1. The Hall–Kier alpha value is -0.900. The summed E-state index contributed by atoms with van der Waals surface area (Å²) in [6.07, 6.45) is 7.05. The van der Waals surface area contributed by atoms with Gasteiger partial charge in [0.05, 0.1) is 0 Å². The van der Waals surface area contributed by atoms with Gasteiger partial charge >= 0.3 is 0 Å².